The lowest BCUT2D eigenvalue weighted by Gasteiger charge is -2.33. The molecule has 144 valence electrons. The second-order valence-electron chi connectivity index (χ2n) is 8.75. The van der Waals surface area contributed by atoms with Crippen LogP contribution in [0, 0.1) is 27.7 Å². The van der Waals surface area contributed by atoms with E-state index in [-0.39, 0.29) is 5.41 Å². The highest BCUT2D eigenvalue weighted by atomic mass is 16.5. The fraction of sp³-hybridized carbons (Fsp3) is 0.333. The number of benzene rings is 1. The summed E-state index contributed by atoms with van der Waals surface area (Å²) in [5.41, 5.74) is 6.97. The van der Waals surface area contributed by atoms with Gasteiger partial charge in [-0.15, -0.1) is 0 Å². The van der Waals surface area contributed by atoms with Gasteiger partial charge in [0.2, 0.25) is 0 Å². The molecule has 0 bridgehead atoms. The summed E-state index contributed by atoms with van der Waals surface area (Å²) in [6, 6.07) is 10.6. The number of hydrogen-bond acceptors (Lipinski definition) is 4. The Balaban J connectivity index is 1.99. The van der Waals surface area contributed by atoms with E-state index in [1.807, 2.05) is 38.2 Å². The van der Waals surface area contributed by atoms with Crippen LogP contribution in [0.15, 0.2) is 36.5 Å². The van der Waals surface area contributed by atoms with Crippen LogP contribution in [-0.4, -0.2) is 9.97 Å². The molecule has 0 saturated heterocycles. The van der Waals surface area contributed by atoms with Crippen molar-refractivity contribution in [1.29, 1.82) is 0 Å². The molecular formula is C24H27N3O. The highest BCUT2D eigenvalue weighted by Gasteiger charge is 2.31. The number of aromatic nitrogens is 2. The average molecular weight is 374 g/mol. The molecule has 0 fully saturated rings. The zero-order valence-corrected chi connectivity index (χ0v) is 17.7. The molecule has 0 unspecified atom stereocenters. The summed E-state index contributed by atoms with van der Waals surface area (Å²) in [5.74, 6) is 3.09. The largest absolute Gasteiger partial charge is 0.450 e. The Morgan fingerprint density at radius 1 is 0.857 bits per heavy atom. The lowest BCUT2D eigenvalue weighted by atomic mass is 9.84. The topological polar surface area (TPSA) is 38.3 Å². The summed E-state index contributed by atoms with van der Waals surface area (Å²) in [6.45, 7) is 15.1. The number of rotatable bonds is 1. The summed E-state index contributed by atoms with van der Waals surface area (Å²) >= 11 is 0. The molecule has 1 aliphatic heterocycles. The molecule has 0 amide bonds. The van der Waals surface area contributed by atoms with Gasteiger partial charge >= 0.3 is 0 Å². The van der Waals surface area contributed by atoms with Crippen LogP contribution < -0.4 is 9.64 Å². The van der Waals surface area contributed by atoms with Crippen molar-refractivity contribution < 1.29 is 4.74 Å². The standard InChI is InChI=1S/C24H27N3O/c1-14-10-20-22(25-13-14)27(23-19(28-20)9-8-17(4)26-23)21-15(2)11-18(12-16(21)3)24(5,6)7/h8-13H,1-7H3. The van der Waals surface area contributed by atoms with Gasteiger partial charge in [-0.05, 0) is 73.6 Å². The van der Waals surface area contributed by atoms with Gasteiger partial charge in [0.25, 0.3) is 0 Å². The Kier molecular flexibility index (Phi) is 4.18. The van der Waals surface area contributed by atoms with Crippen LogP contribution in [0.25, 0.3) is 0 Å². The van der Waals surface area contributed by atoms with Crippen LogP contribution in [0.3, 0.4) is 0 Å². The molecule has 28 heavy (non-hydrogen) atoms. The highest BCUT2D eigenvalue weighted by Crippen LogP contribution is 2.50. The van der Waals surface area contributed by atoms with Gasteiger partial charge in [-0.25, -0.2) is 9.97 Å². The Morgan fingerprint density at radius 3 is 2.18 bits per heavy atom. The monoisotopic (exact) mass is 373 g/mol. The minimum absolute atomic E-state index is 0.0963. The van der Waals surface area contributed by atoms with Crippen molar-refractivity contribution in [2.24, 2.45) is 0 Å². The van der Waals surface area contributed by atoms with Gasteiger partial charge in [0.15, 0.2) is 23.1 Å². The van der Waals surface area contributed by atoms with Gasteiger partial charge in [0.1, 0.15) is 0 Å². The number of nitrogens with zero attached hydrogens (tertiary/aromatic N) is 3. The molecule has 0 aliphatic carbocycles. The van der Waals surface area contributed by atoms with Crippen molar-refractivity contribution in [1.82, 2.24) is 9.97 Å². The van der Waals surface area contributed by atoms with Gasteiger partial charge < -0.3 is 4.74 Å². The number of hydrogen-bond donors (Lipinski definition) is 0. The second kappa shape index (κ2) is 6.33. The Hall–Kier alpha value is -2.88. The first-order valence-corrected chi connectivity index (χ1v) is 9.69. The molecule has 0 radical (unpaired) electrons. The van der Waals surface area contributed by atoms with Gasteiger partial charge in [-0.2, -0.15) is 0 Å². The summed E-state index contributed by atoms with van der Waals surface area (Å²) in [5, 5.41) is 0. The van der Waals surface area contributed by atoms with Gasteiger partial charge in [-0.3, -0.25) is 4.90 Å². The van der Waals surface area contributed by atoms with Crippen molar-refractivity contribution in [2.75, 3.05) is 4.90 Å². The summed E-state index contributed by atoms with van der Waals surface area (Å²) in [7, 11) is 0. The highest BCUT2D eigenvalue weighted by molar-refractivity contribution is 5.85. The SMILES string of the molecule is Cc1cnc2c(c1)Oc1ccc(C)nc1N2c1c(C)cc(C(C)(C)C)cc1C. The second-order valence-corrected chi connectivity index (χ2v) is 8.75. The molecule has 0 N–H and O–H groups in total. The number of fused-ring (bicyclic) bond motifs is 2. The quantitative estimate of drug-likeness (QED) is 0.377. The van der Waals surface area contributed by atoms with Crippen molar-refractivity contribution in [2.45, 2.75) is 53.9 Å². The predicted octanol–water partition coefficient (Wildman–Crippen LogP) is 6.58. The van der Waals surface area contributed by atoms with E-state index < -0.39 is 0 Å². The van der Waals surface area contributed by atoms with E-state index in [0.717, 1.165) is 40.1 Å². The van der Waals surface area contributed by atoms with Gasteiger partial charge in [0, 0.05) is 11.9 Å². The Morgan fingerprint density at radius 2 is 1.54 bits per heavy atom. The fourth-order valence-electron chi connectivity index (χ4n) is 3.72. The summed E-state index contributed by atoms with van der Waals surface area (Å²) in [4.78, 5) is 11.7. The van der Waals surface area contributed by atoms with Gasteiger partial charge in [-0.1, -0.05) is 32.9 Å². The van der Waals surface area contributed by atoms with Gasteiger partial charge in [0.05, 0.1) is 5.69 Å². The van der Waals surface area contributed by atoms with E-state index in [9.17, 15) is 0 Å². The molecule has 1 aromatic carbocycles. The fourth-order valence-corrected chi connectivity index (χ4v) is 3.72. The van der Waals surface area contributed by atoms with E-state index in [1.165, 1.54) is 16.7 Å². The minimum Gasteiger partial charge on any atom is -0.450 e. The zero-order valence-electron chi connectivity index (χ0n) is 17.7. The maximum absolute atomic E-state index is 6.16. The Bertz CT molecular complexity index is 1060. The third kappa shape index (κ3) is 3.03. The molecule has 4 rings (SSSR count). The molecule has 3 heterocycles. The number of pyridine rings is 2. The molecule has 2 aromatic heterocycles. The first kappa shape index (κ1) is 18.5. The first-order chi connectivity index (χ1) is 13.1. The van der Waals surface area contributed by atoms with Crippen molar-refractivity contribution in [3.63, 3.8) is 0 Å². The molecule has 4 nitrogen and oxygen atoms in total. The van der Waals surface area contributed by atoms with Crippen LogP contribution in [0.2, 0.25) is 0 Å². The Labute approximate surface area is 167 Å². The van der Waals surface area contributed by atoms with E-state index in [1.54, 1.807) is 0 Å². The normalized spacial score (nSPS) is 13.0. The lowest BCUT2D eigenvalue weighted by molar-refractivity contribution is 0.470. The van der Waals surface area contributed by atoms with Crippen LogP contribution in [0.4, 0.5) is 17.3 Å². The molecular weight excluding hydrogens is 346 g/mol. The third-order valence-corrected chi connectivity index (χ3v) is 5.17. The predicted molar refractivity (Wildman–Crippen MR) is 114 cm³/mol. The molecule has 3 aromatic rings. The van der Waals surface area contributed by atoms with E-state index >= 15 is 0 Å². The summed E-state index contributed by atoms with van der Waals surface area (Å²) < 4.78 is 6.16. The minimum atomic E-state index is 0.0963. The molecule has 0 saturated carbocycles. The molecule has 1 aliphatic rings. The lowest BCUT2D eigenvalue weighted by Crippen LogP contribution is -2.21. The smallest absolute Gasteiger partial charge is 0.182 e. The number of ether oxygens (including phenoxy) is 1. The third-order valence-electron chi connectivity index (χ3n) is 5.17. The van der Waals surface area contributed by atoms with E-state index in [0.29, 0.717) is 0 Å². The molecule has 0 atom stereocenters. The number of anilines is 3. The zero-order chi connectivity index (χ0) is 20.2. The molecule has 4 heteroatoms. The van der Waals surface area contributed by atoms with E-state index in [2.05, 4.69) is 51.7 Å². The van der Waals surface area contributed by atoms with Crippen LogP contribution >= 0.6 is 0 Å². The summed E-state index contributed by atoms with van der Waals surface area (Å²) in [6.07, 6.45) is 1.88. The van der Waals surface area contributed by atoms with Crippen molar-refractivity contribution >= 4 is 17.3 Å². The van der Waals surface area contributed by atoms with Crippen LogP contribution in [0.5, 0.6) is 11.5 Å². The maximum Gasteiger partial charge on any atom is 0.182 e. The number of aryl methyl sites for hydroxylation is 4. The first-order valence-electron chi connectivity index (χ1n) is 9.69. The van der Waals surface area contributed by atoms with E-state index in [4.69, 9.17) is 14.7 Å². The van der Waals surface area contributed by atoms with Crippen LogP contribution in [-0.2, 0) is 5.41 Å². The molecule has 0 spiro atoms. The maximum atomic E-state index is 6.16. The van der Waals surface area contributed by atoms with Crippen LogP contribution in [0.1, 0.15) is 48.7 Å². The van der Waals surface area contributed by atoms with Crippen molar-refractivity contribution in [3.8, 4) is 11.5 Å². The van der Waals surface area contributed by atoms with Crippen molar-refractivity contribution in [3.05, 3.63) is 64.5 Å². The average Bonchev–Trinajstić information content (AvgIpc) is 2.60.